The van der Waals surface area contributed by atoms with Crippen molar-refractivity contribution in [2.75, 3.05) is 13.1 Å². The van der Waals surface area contributed by atoms with Crippen molar-refractivity contribution in [3.8, 4) is 0 Å². The maximum absolute atomic E-state index is 13.1. The minimum absolute atomic E-state index is 0.194. The van der Waals surface area contributed by atoms with Gasteiger partial charge in [-0.1, -0.05) is 24.6 Å². The highest BCUT2D eigenvalue weighted by Crippen LogP contribution is 2.49. The van der Waals surface area contributed by atoms with E-state index in [1.54, 1.807) is 6.20 Å². The Kier molecular flexibility index (Phi) is 4.10. The van der Waals surface area contributed by atoms with Crippen LogP contribution in [0.25, 0.3) is 0 Å². The first kappa shape index (κ1) is 15.7. The second-order valence-electron chi connectivity index (χ2n) is 7.21. The quantitative estimate of drug-likeness (QED) is 0.940. The number of aliphatic hydroxyl groups is 1. The van der Waals surface area contributed by atoms with Gasteiger partial charge in [0.15, 0.2) is 0 Å². The minimum Gasteiger partial charge on any atom is -0.384 e. The Morgan fingerprint density at radius 2 is 1.83 bits per heavy atom. The number of hydrogen-bond donors (Lipinski definition) is 1. The zero-order valence-electron chi connectivity index (χ0n) is 13.7. The van der Waals surface area contributed by atoms with E-state index in [4.69, 9.17) is 0 Å². The molecule has 0 radical (unpaired) electrons. The molecule has 2 bridgehead atoms. The molecule has 1 aromatic carbocycles. The van der Waals surface area contributed by atoms with Gasteiger partial charge in [-0.15, -0.1) is 0 Å². The van der Waals surface area contributed by atoms with E-state index in [1.807, 2.05) is 30.5 Å². The second kappa shape index (κ2) is 6.26. The molecule has 2 heterocycles. The van der Waals surface area contributed by atoms with Gasteiger partial charge in [-0.25, -0.2) is 4.39 Å². The molecule has 1 aliphatic heterocycles. The molecule has 1 saturated carbocycles. The van der Waals surface area contributed by atoms with Gasteiger partial charge in [-0.3, -0.25) is 9.88 Å². The summed E-state index contributed by atoms with van der Waals surface area (Å²) in [5, 5.41) is 11.5. The smallest absolute Gasteiger partial charge is 0.123 e. The Labute approximate surface area is 142 Å². The molecule has 1 aliphatic carbocycles. The van der Waals surface area contributed by atoms with E-state index in [0.29, 0.717) is 0 Å². The number of fused-ring (bicyclic) bond motifs is 2. The van der Waals surface area contributed by atoms with Crippen LogP contribution in [0.15, 0.2) is 48.8 Å². The predicted octanol–water partition coefficient (Wildman–Crippen LogP) is 3.34. The normalized spacial score (nSPS) is 30.2. The van der Waals surface area contributed by atoms with E-state index < -0.39 is 5.60 Å². The van der Waals surface area contributed by atoms with Gasteiger partial charge in [-0.2, -0.15) is 0 Å². The highest BCUT2D eigenvalue weighted by atomic mass is 19.1. The monoisotopic (exact) mass is 326 g/mol. The molecule has 2 atom stereocenters. The van der Waals surface area contributed by atoms with Crippen molar-refractivity contribution < 1.29 is 9.50 Å². The molecule has 0 amide bonds. The molecule has 24 heavy (non-hydrogen) atoms. The number of nitrogens with zero attached hydrogens (tertiary/aromatic N) is 2. The number of hydrogen-bond acceptors (Lipinski definition) is 3. The molecule has 2 unspecified atom stereocenters. The summed E-state index contributed by atoms with van der Waals surface area (Å²) in [5.74, 6) is 0.268. The Morgan fingerprint density at radius 1 is 1.12 bits per heavy atom. The zero-order chi connectivity index (χ0) is 16.6. The first-order valence-corrected chi connectivity index (χ1v) is 8.76. The highest BCUT2D eigenvalue weighted by molar-refractivity contribution is 5.24. The van der Waals surface area contributed by atoms with Crippen molar-refractivity contribution in [1.29, 1.82) is 0 Å². The topological polar surface area (TPSA) is 36.4 Å². The Hall–Kier alpha value is -1.78. The second-order valence-corrected chi connectivity index (χ2v) is 7.21. The van der Waals surface area contributed by atoms with Crippen LogP contribution in [0.4, 0.5) is 4.39 Å². The number of likely N-dealkylation sites (tertiary alicyclic amines) is 1. The van der Waals surface area contributed by atoms with Crippen molar-refractivity contribution in [3.05, 3.63) is 65.7 Å². The molecular formula is C20H23FN2O. The third kappa shape index (κ3) is 2.74. The number of halogens is 1. The van der Waals surface area contributed by atoms with Crippen LogP contribution >= 0.6 is 0 Å². The lowest BCUT2D eigenvalue weighted by Gasteiger charge is -2.53. The third-order valence-corrected chi connectivity index (χ3v) is 5.75. The predicted molar refractivity (Wildman–Crippen MR) is 90.6 cm³/mol. The van der Waals surface area contributed by atoms with E-state index in [1.165, 1.54) is 18.6 Å². The number of piperidine rings is 1. The summed E-state index contributed by atoms with van der Waals surface area (Å²) in [6.45, 7) is 2.56. The fourth-order valence-electron chi connectivity index (χ4n) is 4.59. The summed E-state index contributed by atoms with van der Waals surface area (Å²) in [5.41, 5.74) is 1.33. The lowest BCUT2D eigenvalue weighted by molar-refractivity contribution is -0.148. The largest absolute Gasteiger partial charge is 0.384 e. The van der Waals surface area contributed by atoms with Crippen molar-refractivity contribution >= 4 is 0 Å². The molecule has 1 aromatic heterocycles. The lowest BCUT2D eigenvalue weighted by Crippen LogP contribution is -2.57. The Bertz CT molecular complexity index is 675. The molecule has 4 heteroatoms. The lowest BCUT2D eigenvalue weighted by atomic mass is 9.63. The van der Waals surface area contributed by atoms with Gasteiger partial charge in [0.1, 0.15) is 5.82 Å². The summed E-state index contributed by atoms with van der Waals surface area (Å²) in [7, 11) is 0. The first-order chi connectivity index (χ1) is 11.7. The van der Waals surface area contributed by atoms with Crippen LogP contribution in [-0.4, -0.2) is 28.1 Å². The summed E-state index contributed by atoms with van der Waals surface area (Å²) < 4.78 is 13.1. The van der Waals surface area contributed by atoms with Gasteiger partial charge >= 0.3 is 0 Å². The molecule has 2 aromatic rings. The van der Waals surface area contributed by atoms with Crippen LogP contribution in [0.2, 0.25) is 0 Å². The fraction of sp³-hybridized carbons (Fsp3) is 0.450. The van der Waals surface area contributed by atoms with Crippen LogP contribution < -0.4 is 0 Å². The van der Waals surface area contributed by atoms with Crippen LogP contribution in [-0.2, 0) is 12.1 Å². The molecule has 3 nitrogen and oxygen atoms in total. The van der Waals surface area contributed by atoms with Gasteiger partial charge in [0.05, 0.1) is 5.60 Å². The average Bonchev–Trinajstić information content (AvgIpc) is 2.59. The molecule has 1 N–H and O–H groups in total. The van der Waals surface area contributed by atoms with Gasteiger partial charge < -0.3 is 5.11 Å². The van der Waals surface area contributed by atoms with E-state index in [2.05, 4.69) is 9.88 Å². The van der Waals surface area contributed by atoms with Crippen molar-refractivity contribution in [2.45, 2.75) is 31.4 Å². The summed E-state index contributed by atoms with van der Waals surface area (Å²) in [6.07, 6.45) is 6.85. The molecule has 1 saturated heterocycles. The van der Waals surface area contributed by atoms with Gasteiger partial charge in [0.25, 0.3) is 0 Å². The molecule has 126 valence electrons. The highest BCUT2D eigenvalue weighted by Gasteiger charge is 2.51. The number of aromatic nitrogens is 1. The Balaban J connectivity index is 1.55. The van der Waals surface area contributed by atoms with E-state index >= 15 is 0 Å². The van der Waals surface area contributed by atoms with Crippen LogP contribution in [0.5, 0.6) is 0 Å². The Morgan fingerprint density at radius 3 is 2.46 bits per heavy atom. The maximum atomic E-state index is 13.1. The molecule has 2 fully saturated rings. The van der Waals surface area contributed by atoms with E-state index in [0.717, 1.165) is 43.6 Å². The van der Waals surface area contributed by atoms with Gasteiger partial charge in [0, 0.05) is 49.4 Å². The summed E-state index contributed by atoms with van der Waals surface area (Å²) >= 11 is 0. The van der Waals surface area contributed by atoms with Crippen LogP contribution in [0.3, 0.4) is 0 Å². The van der Waals surface area contributed by atoms with Crippen LogP contribution in [0.1, 0.15) is 30.4 Å². The van der Waals surface area contributed by atoms with Gasteiger partial charge in [0.2, 0.25) is 0 Å². The SMILES string of the molecule is OC1(c2cccnc2)C2CCCC1CN(Cc1ccc(F)cc1)C2. The maximum Gasteiger partial charge on any atom is 0.123 e. The molecular weight excluding hydrogens is 303 g/mol. The van der Waals surface area contributed by atoms with Crippen molar-refractivity contribution in [3.63, 3.8) is 0 Å². The average molecular weight is 326 g/mol. The summed E-state index contributed by atoms with van der Waals surface area (Å²) in [4.78, 5) is 6.63. The molecule has 4 rings (SSSR count). The number of pyridine rings is 1. The molecule has 0 spiro atoms. The minimum atomic E-state index is -0.758. The van der Waals surface area contributed by atoms with Gasteiger partial charge in [-0.05, 0) is 36.6 Å². The third-order valence-electron chi connectivity index (χ3n) is 5.75. The van der Waals surface area contributed by atoms with Crippen molar-refractivity contribution in [1.82, 2.24) is 9.88 Å². The fourth-order valence-corrected chi connectivity index (χ4v) is 4.59. The van der Waals surface area contributed by atoms with E-state index in [9.17, 15) is 9.50 Å². The first-order valence-electron chi connectivity index (χ1n) is 8.76. The molecule has 2 aliphatic rings. The summed E-state index contributed by atoms with van der Waals surface area (Å²) in [6, 6.07) is 10.7. The van der Waals surface area contributed by atoms with E-state index in [-0.39, 0.29) is 17.7 Å². The zero-order valence-corrected chi connectivity index (χ0v) is 13.7. The standard InChI is InChI=1S/C20H23FN2O/c21-19-8-6-15(7-9-19)12-23-13-17-3-1-4-18(14-23)20(17,24)16-5-2-10-22-11-16/h2,5-11,17-18,24H,1,3-4,12-14H2. The van der Waals surface area contributed by atoms with Crippen LogP contribution in [0, 0.1) is 17.7 Å². The number of benzene rings is 1. The van der Waals surface area contributed by atoms with Crippen molar-refractivity contribution in [2.24, 2.45) is 11.8 Å². The number of rotatable bonds is 3.